The van der Waals surface area contributed by atoms with Gasteiger partial charge < -0.3 is 15.0 Å². The van der Waals surface area contributed by atoms with Crippen molar-refractivity contribution in [2.75, 3.05) is 32.1 Å². The van der Waals surface area contributed by atoms with Gasteiger partial charge in [-0.25, -0.2) is 9.97 Å². The highest BCUT2D eigenvalue weighted by atomic mass is 16.5. The molecule has 0 bridgehead atoms. The number of ether oxygens (including phenoxy) is 1. The van der Waals surface area contributed by atoms with E-state index in [2.05, 4.69) is 15.3 Å². The minimum atomic E-state index is -0.511. The molecule has 24 heavy (non-hydrogen) atoms. The molecule has 2 heterocycles. The molecule has 1 saturated heterocycles. The molecule has 1 aliphatic heterocycles. The Balaban J connectivity index is 1.84. The third-order valence-corrected chi connectivity index (χ3v) is 4.24. The summed E-state index contributed by atoms with van der Waals surface area (Å²) in [5, 5.41) is 2.89. The Kier molecular flexibility index (Phi) is 4.49. The van der Waals surface area contributed by atoms with Crippen molar-refractivity contribution in [3.05, 3.63) is 53.3 Å². The summed E-state index contributed by atoms with van der Waals surface area (Å²) >= 11 is 0. The first-order chi connectivity index (χ1) is 11.5. The maximum absolute atomic E-state index is 12.9. The van der Waals surface area contributed by atoms with E-state index >= 15 is 0 Å². The minimum Gasteiger partial charge on any atom is -0.367 e. The fourth-order valence-corrected chi connectivity index (χ4v) is 2.96. The second-order valence-corrected chi connectivity index (χ2v) is 6.14. The maximum Gasteiger partial charge on any atom is 0.272 e. The highest BCUT2D eigenvalue weighted by molar-refractivity contribution is 5.92. The smallest absolute Gasteiger partial charge is 0.272 e. The Morgan fingerprint density at radius 3 is 2.75 bits per heavy atom. The number of hydrogen-bond donors (Lipinski definition) is 1. The first kappa shape index (κ1) is 16.4. The lowest BCUT2D eigenvalue weighted by Crippen LogP contribution is -2.50. The van der Waals surface area contributed by atoms with Crippen LogP contribution in [0.15, 0.2) is 36.4 Å². The molecule has 1 aromatic carbocycles. The van der Waals surface area contributed by atoms with Crippen molar-refractivity contribution in [3.63, 3.8) is 0 Å². The number of nitrogens with zero attached hydrogens (tertiary/aromatic N) is 3. The molecule has 126 valence electrons. The van der Waals surface area contributed by atoms with Crippen LogP contribution in [0, 0.1) is 6.92 Å². The summed E-state index contributed by atoms with van der Waals surface area (Å²) in [7, 11) is 1.74. The molecule has 0 saturated carbocycles. The highest BCUT2D eigenvalue weighted by Gasteiger charge is 2.36. The maximum atomic E-state index is 12.9. The lowest BCUT2D eigenvalue weighted by molar-refractivity contribution is -0.0931. The van der Waals surface area contributed by atoms with Crippen molar-refractivity contribution in [3.8, 4) is 0 Å². The third-order valence-electron chi connectivity index (χ3n) is 4.24. The van der Waals surface area contributed by atoms with E-state index in [0.29, 0.717) is 31.3 Å². The van der Waals surface area contributed by atoms with Crippen LogP contribution in [-0.4, -0.2) is 47.5 Å². The number of amides is 1. The van der Waals surface area contributed by atoms with Crippen LogP contribution in [0.4, 0.5) is 5.95 Å². The van der Waals surface area contributed by atoms with E-state index in [4.69, 9.17) is 4.74 Å². The Morgan fingerprint density at radius 1 is 1.29 bits per heavy atom. The lowest BCUT2D eigenvalue weighted by atomic mass is 9.93. The van der Waals surface area contributed by atoms with E-state index in [1.807, 2.05) is 44.2 Å². The Bertz CT molecular complexity index is 735. The summed E-state index contributed by atoms with van der Waals surface area (Å²) < 4.78 is 6.00. The van der Waals surface area contributed by atoms with Gasteiger partial charge in [-0.3, -0.25) is 4.79 Å². The highest BCUT2D eigenvalue weighted by Crippen LogP contribution is 2.29. The Morgan fingerprint density at radius 2 is 2.04 bits per heavy atom. The number of carbonyl (C=O) groups is 1. The normalized spacial score (nSPS) is 20.7. The first-order valence-electron chi connectivity index (χ1n) is 8.04. The van der Waals surface area contributed by atoms with Crippen molar-refractivity contribution in [1.29, 1.82) is 0 Å². The summed E-state index contributed by atoms with van der Waals surface area (Å²) in [4.78, 5) is 23.2. The number of carbonyl (C=O) groups excluding carboxylic acids is 1. The average molecular weight is 326 g/mol. The second kappa shape index (κ2) is 6.57. The van der Waals surface area contributed by atoms with Gasteiger partial charge >= 0.3 is 0 Å². The van der Waals surface area contributed by atoms with Gasteiger partial charge in [0.15, 0.2) is 0 Å². The lowest BCUT2D eigenvalue weighted by Gasteiger charge is -2.40. The van der Waals surface area contributed by atoms with Crippen molar-refractivity contribution < 1.29 is 9.53 Å². The quantitative estimate of drug-likeness (QED) is 0.937. The molecule has 1 amide bonds. The molecule has 2 aromatic rings. The van der Waals surface area contributed by atoms with Gasteiger partial charge in [0.1, 0.15) is 11.3 Å². The van der Waals surface area contributed by atoms with E-state index in [-0.39, 0.29) is 5.91 Å². The zero-order chi connectivity index (χ0) is 17.2. The third kappa shape index (κ3) is 3.23. The molecular weight excluding hydrogens is 304 g/mol. The van der Waals surface area contributed by atoms with Gasteiger partial charge in [0.2, 0.25) is 5.95 Å². The van der Waals surface area contributed by atoms with Crippen LogP contribution in [0.1, 0.15) is 28.7 Å². The number of morpholine rings is 1. The predicted molar refractivity (Wildman–Crippen MR) is 92.0 cm³/mol. The molecule has 6 heteroatoms. The zero-order valence-electron chi connectivity index (χ0n) is 14.2. The minimum absolute atomic E-state index is 0.0949. The SMILES string of the molecule is CNc1nc(C)cc(C(=O)N2CCOC(C)(c3ccccc3)C2)n1. The largest absolute Gasteiger partial charge is 0.367 e. The van der Waals surface area contributed by atoms with Crippen LogP contribution in [0.2, 0.25) is 0 Å². The summed E-state index contributed by atoms with van der Waals surface area (Å²) in [6.45, 7) is 5.42. The predicted octanol–water partition coefficient (Wildman–Crippen LogP) is 2.21. The molecule has 1 fully saturated rings. The van der Waals surface area contributed by atoms with Crippen molar-refractivity contribution in [1.82, 2.24) is 14.9 Å². The summed E-state index contributed by atoms with van der Waals surface area (Å²) in [5.74, 6) is 0.361. The van der Waals surface area contributed by atoms with Crippen LogP contribution in [0.25, 0.3) is 0 Å². The van der Waals surface area contributed by atoms with E-state index < -0.39 is 5.60 Å². The Hall–Kier alpha value is -2.47. The molecule has 1 N–H and O–H groups in total. The van der Waals surface area contributed by atoms with Gasteiger partial charge in [-0.05, 0) is 25.5 Å². The fourth-order valence-electron chi connectivity index (χ4n) is 2.96. The second-order valence-electron chi connectivity index (χ2n) is 6.14. The van der Waals surface area contributed by atoms with Gasteiger partial charge in [0.05, 0.1) is 13.2 Å². The number of anilines is 1. The van der Waals surface area contributed by atoms with Crippen molar-refractivity contribution in [2.45, 2.75) is 19.4 Å². The van der Waals surface area contributed by atoms with E-state index in [9.17, 15) is 4.79 Å². The zero-order valence-corrected chi connectivity index (χ0v) is 14.2. The van der Waals surface area contributed by atoms with Gasteiger partial charge in [0.25, 0.3) is 5.91 Å². The van der Waals surface area contributed by atoms with E-state index in [0.717, 1.165) is 11.3 Å². The standard InChI is InChI=1S/C18H22N4O2/c1-13-11-15(21-17(19-3)20-13)16(23)22-9-10-24-18(2,12-22)14-7-5-4-6-8-14/h4-8,11H,9-10,12H2,1-3H3,(H,19,20,21). The van der Waals surface area contributed by atoms with Crippen molar-refractivity contribution >= 4 is 11.9 Å². The van der Waals surface area contributed by atoms with Crippen LogP contribution in [0.5, 0.6) is 0 Å². The summed E-state index contributed by atoms with van der Waals surface area (Å²) in [5.41, 5.74) is 1.72. The molecule has 6 nitrogen and oxygen atoms in total. The van der Waals surface area contributed by atoms with Crippen LogP contribution < -0.4 is 5.32 Å². The Labute approximate surface area is 141 Å². The van der Waals surface area contributed by atoms with Gasteiger partial charge in [-0.15, -0.1) is 0 Å². The molecule has 1 atom stereocenters. The number of benzene rings is 1. The summed E-state index contributed by atoms with van der Waals surface area (Å²) in [6, 6.07) is 11.7. The average Bonchev–Trinajstić information content (AvgIpc) is 2.61. The molecule has 1 unspecified atom stereocenters. The number of hydrogen-bond acceptors (Lipinski definition) is 5. The molecular formula is C18H22N4O2. The number of aromatic nitrogens is 2. The number of nitrogens with one attached hydrogen (secondary N) is 1. The summed E-state index contributed by atoms with van der Waals surface area (Å²) in [6.07, 6.45) is 0. The fraction of sp³-hybridized carbons (Fsp3) is 0.389. The molecule has 0 radical (unpaired) electrons. The van der Waals surface area contributed by atoms with Crippen molar-refractivity contribution in [2.24, 2.45) is 0 Å². The van der Waals surface area contributed by atoms with Gasteiger partial charge in [-0.1, -0.05) is 30.3 Å². The monoisotopic (exact) mass is 326 g/mol. The van der Waals surface area contributed by atoms with Gasteiger partial charge in [0, 0.05) is 19.3 Å². The van der Waals surface area contributed by atoms with Crippen LogP contribution in [-0.2, 0) is 10.3 Å². The molecule has 3 rings (SSSR count). The topological polar surface area (TPSA) is 67.4 Å². The van der Waals surface area contributed by atoms with Crippen LogP contribution >= 0.6 is 0 Å². The molecule has 1 aliphatic rings. The van der Waals surface area contributed by atoms with E-state index in [1.54, 1.807) is 18.0 Å². The van der Waals surface area contributed by atoms with Gasteiger partial charge in [-0.2, -0.15) is 0 Å². The molecule has 0 aliphatic carbocycles. The molecule has 0 spiro atoms. The molecule has 1 aromatic heterocycles. The van der Waals surface area contributed by atoms with Crippen LogP contribution in [0.3, 0.4) is 0 Å². The number of rotatable bonds is 3. The first-order valence-corrected chi connectivity index (χ1v) is 8.04. The van der Waals surface area contributed by atoms with E-state index in [1.165, 1.54) is 0 Å². The number of aryl methyl sites for hydroxylation is 1.